The molecule has 0 fully saturated rings. The van der Waals surface area contributed by atoms with Crippen LogP contribution in [0.2, 0.25) is 0 Å². The first-order chi connectivity index (χ1) is 4.09. The highest BCUT2D eigenvalue weighted by atomic mass is 16.2. The Morgan fingerprint density at radius 3 is 2.11 bits per heavy atom. The molecule has 0 aromatic rings. The second kappa shape index (κ2) is 3.22. The lowest BCUT2D eigenvalue weighted by Gasteiger charge is -2.17. The molecule has 0 aromatic heterocycles. The second-order valence-corrected chi connectivity index (χ2v) is 2.10. The largest absolute Gasteiger partial charge is 0.273 e. The van der Waals surface area contributed by atoms with Crippen LogP contribution in [0.4, 0.5) is 0 Å². The maximum atomic E-state index is 10.6. The number of hydrogen-bond acceptors (Lipinski definition) is 2. The molecule has 0 aliphatic rings. The average Bonchev–Trinajstić information content (AvgIpc) is 1.64. The third-order valence-electron chi connectivity index (χ3n) is 0.964. The molecule has 3 nitrogen and oxygen atoms in total. The van der Waals surface area contributed by atoms with Gasteiger partial charge < -0.3 is 0 Å². The predicted molar refractivity (Wildman–Crippen MR) is 37.2 cm³/mol. The van der Waals surface area contributed by atoms with Crippen LogP contribution in [0, 0.1) is 0 Å². The van der Waals surface area contributed by atoms with Crippen molar-refractivity contribution in [2.24, 2.45) is 5.10 Å². The third kappa shape index (κ3) is 2.26. The molecule has 0 radical (unpaired) electrons. The summed E-state index contributed by atoms with van der Waals surface area (Å²) in [4.78, 5) is 10.6. The van der Waals surface area contributed by atoms with Crippen LogP contribution in [-0.2, 0) is 4.79 Å². The number of nitrogens with zero attached hydrogens (tertiary/aromatic N) is 2. The summed E-state index contributed by atoms with van der Waals surface area (Å²) in [5, 5.41) is 4.85. The van der Waals surface area contributed by atoms with Crippen molar-refractivity contribution in [3.05, 3.63) is 0 Å². The summed E-state index contributed by atoms with van der Waals surface area (Å²) in [7, 11) is 0. The van der Waals surface area contributed by atoms with Gasteiger partial charge in [0.25, 0.3) is 0 Å². The van der Waals surface area contributed by atoms with Gasteiger partial charge in [0.1, 0.15) is 0 Å². The fourth-order valence-electron chi connectivity index (χ4n) is 0.626. The lowest BCUT2D eigenvalue weighted by atomic mass is 10.4. The predicted octanol–water partition coefficient (Wildman–Crippen LogP) is 0.859. The van der Waals surface area contributed by atoms with E-state index < -0.39 is 0 Å². The number of rotatable bonds is 2. The smallest absolute Gasteiger partial charge is 0.239 e. The van der Waals surface area contributed by atoms with E-state index in [1.54, 1.807) is 0 Å². The van der Waals surface area contributed by atoms with Crippen LogP contribution in [0.25, 0.3) is 0 Å². The molecule has 3 heteroatoms. The highest BCUT2D eigenvalue weighted by Gasteiger charge is 2.08. The van der Waals surface area contributed by atoms with Gasteiger partial charge in [0, 0.05) is 19.7 Å². The first-order valence-electron chi connectivity index (χ1n) is 2.86. The van der Waals surface area contributed by atoms with Crippen molar-refractivity contribution in [3.63, 3.8) is 0 Å². The van der Waals surface area contributed by atoms with Crippen LogP contribution in [0.5, 0.6) is 0 Å². The summed E-state index contributed by atoms with van der Waals surface area (Å²) in [6, 6.07) is 0.111. The van der Waals surface area contributed by atoms with Crippen LogP contribution >= 0.6 is 0 Å². The molecule has 0 aromatic carbocycles. The van der Waals surface area contributed by atoms with Gasteiger partial charge in [-0.3, -0.25) is 4.79 Å². The normalized spacial score (nSPS) is 9.33. The topological polar surface area (TPSA) is 32.7 Å². The first kappa shape index (κ1) is 8.14. The molecule has 0 unspecified atom stereocenters. The van der Waals surface area contributed by atoms with Crippen LogP contribution in [0.1, 0.15) is 20.8 Å². The number of hydrogen-bond donors (Lipinski definition) is 0. The van der Waals surface area contributed by atoms with E-state index in [1.165, 1.54) is 11.9 Å². The maximum Gasteiger partial charge on any atom is 0.239 e. The Labute approximate surface area is 55.4 Å². The minimum Gasteiger partial charge on any atom is -0.273 e. The first-order valence-corrected chi connectivity index (χ1v) is 2.86. The van der Waals surface area contributed by atoms with E-state index >= 15 is 0 Å². The summed E-state index contributed by atoms with van der Waals surface area (Å²) < 4.78 is 0. The Morgan fingerprint density at radius 2 is 2.11 bits per heavy atom. The van der Waals surface area contributed by atoms with Crippen molar-refractivity contribution in [2.45, 2.75) is 26.8 Å². The summed E-state index contributed by atoms with van der Waals surface area (Å²) >= 11 is 0. The number of carbonyl (C=O) groups excluding carboxylic acids is 1. The van der Waals surface area contributed by atoms with Crippen molar-refractivity contribution in [2.75, 3.05) is 0 Å². The maximum absolute atomic E-state index is 10.6. The lowest BCUT2D eigenvalue weighted by molar-refractivity contribution is -0.130. The van der Waals surface area contributed by atoms with Crippen LogP contribution in [0.15, 0.2) is 5.10 Å². The summed E-state index contributed by atoms with van der Waals surface area (Å²) in [6.45, 7) is 8.50. The molecule has 52 valence electrons. The van der Waals surface area contributed by atoms with E-state index in [4.69, 9.17) is 0 Å². The Kier molecular flexibility index (Phi) is 2.91. The van der Waals surface area contributed by atoms with E-state index in [1.807, 2.05) is 13.8 Å². The van der Waals surface area contributed by atoms with Crippen LogP contribution in [-0.4, -0.2) is 23.7 Å². The molecular formula is C6H12N2O. The van der Waals surface area contributed by atoms with E-state index in [0.717, 1.165) is 0 Å². The molecule has 1 amide bonds. The van der Waals surface area contributed by atoms with Crippen molar-refractivity contribution in [1.29, 1.82) is 0 Å². The second-order valence-electron chi connectivity index (χ2n) is 2.10. The molecule has 0 aliphatic carbocycles. The van der Waals surface area contributed by atoms with Crippen molar-refractivity contribution < 1.29 is 4.79 Å². The zero-order valence-corrected chi connectivity index (χ0v) is 6.09. The standard InChI is InChI=1S/C6H12N2O/c1-5(2)8(7-4)6(3)9/h5H,4H2,1-3H3. The van der Waals surface area contributed by atoms with Crippen molar-refractivity contribution in [1.82, 2.24) is 5.01 Å². The number of hydrazone groups is 1. The Bertz CT molecular complexity index is 120. The summed E-state index contributed by atoms with van der Waals surface area (Å²) in [5.74, 6) is -0.0694. The Balaban J connectivity index is 3.98. The van der Waals surface area contributed by atoms with Gasteiger partial charge in [-0.25, -0.2) is 5.01 Å². The fraction of sp³-hybridized carbons (Fsp3) is 0.667. The highest BCUT2D eigenvalue weighted by Crippen LogP contribution is 1.96. The molecular weight excluding hydrogens is 116 g/mol. The van der Waals surface area contributed by atoms with Gasteiger partial charge in [-0.15, -0.1) is 0 Å². The zero-order valence-electron chi connectivity index (χ0n) is 6.09. The van der Waals surface area contributed by atoms with Gasteiger partial charge in [0.15, 0.2) is 0 Å². The molecule has 0 rings (SSSR count). The van der Waals surface area contributed by atoms with Crippen molar-refractivity contribution >= 4 is 12.6 Å². The van der Waals surface area contributed by atoms with Crippen molar-refractivity contribution in [3.8, 4) is 0 Å². The Hall–Kier alpha value is -0.860. The van der Waals surface area contributed by atoms with Gasteiger partial charge in [0.2, 0.25) is 5.91 Å². The Morgan fingerprint density at radius 1 is 1.67 bits per heavy atom. The number of carbonyl (C=O) groups is 1. The number of amides is 1. The molecule has 0 heterocycles. The van der Waals surface area contributed by atoms with Gasteiger partial charge >= 0.3 is 0 Å². The monoisotopic (exact) mass is 128 g/mol. The SMILES string of the molecule is C=NN(C(C)=O)C(C)C. The lowest BCUT2D eigenvalue weighted by Crippen LogP contribution is -2.29. The fourth-order valence-corrected chi connectivity index (χ4v) is 0.626. The average molecular weight is 128 g/mol. The van der Waals surface area contributed by atoms with E-state index in [0.29, 0.717) is 0 Å². The van der Waals surface area contributed by atoms with Crippen LogP contribution < -0.4 is 0 Å². The van der Waals surface area contributed by atoms with Gasteiger partial charge in [-0.1, -0.05) is 0 Å². The summed E-state index contributed by atoms with van der Waals surface area (Å²) in [6.07, 6.45) is 0. The molecule has 0 atom stereocenters. The highest BCUT2D eigenvalue weighted by molar-refractivity contribution is 5.73. The molecule has 0 N–H and O–H groups in total. The quantitative estimate of drug-likeness (QED) is 0.401. The van der Waals surface area contributed by atoms with E-state index in [9.17, 15) is 4.79 Å². The van der Waals surface area contributed by atoms with E-state index in [-0.39, 0.29) is 11.9 Å². The van der Waals surface area contributed by atoms with Gasteiger partial charge in [-0.05, 0) is 13.8 Å². The summed E-state index contributed by atoms with van der Waals surface area (Å²) in [5.41, 5.74) is 0. The van der Waals surface area contributed by atoms with E-state index in [2.05, 4.69) is 11.8 Å². The van der Waals surface area contributed by atoms with Crippen LogP contribution in [0.3, 0.4) is 0 Å². The third-order valence-corrected chi connectivity index (χ3v) is 0.964. The van der Waals surface area contributed by atoms with Gasteiger partial charge in [0.05, 0.1) is 0 Å². The molecule has 0 saturated heterocycles. The molecule has 9 heavy (non-hydrogen) atoms. The van der Waals surface area contributed by atoms with Gasteiger partial charge in [-0.2, -0.15) is 5.10 Å². The zero-order chi connectivity index (χ0) is 7.44. The molecule has 0 spiro atoms. The molecule has 0 bridgehead atoms. The minimum absolute atomic E-state index is 0.0694. The minimum atomic E-state index is -0.0694. The molecule has 0 aliphatic heterocycles. The molecule has 0 saturated carbocycles.